The molecule has 2 fully saturated rings. The molecule has 9 nitrogen and oxygen atoms in total. The molecule has 38 heavy (non-hydrogen) atoms. The van der Waals surface area contributed by atoms with Crippen molar-refractivity contribution in [3.05, 3.63) is 70.5 Å². The van der Waals surface area contributed by atoms with Gasteiger partial charge in [-0.3, -0.25) is 19.0 Å². The van der Waals surface area contributed by atoms with Crippen LogP contribution in [0.4, 0.5) is 17.2 Å². The van der Waals surface area contributed by atoms with E-state index in [2.05, 4.69) is 16.8 Å². The Hall–Kier alpha value is -3.85. The third kappa shape index (κ3) is 5.38. The number of benzene rings is 1. The van der Waals surface area contributed by atoms with Crippen molar-refractivity contribution >= 4 is 51.6 Å². The van der Waals surface area contributed by atoms with Crippen LogP contribution >= 0.6 is 11.6 Å². The number of amides is 2. The van der Waals surface area contributed by atoms with Gasteiger partial charge in [-0.1, -0.05) is 18.2 Å². The molecule has 2 amide bonds. The summed E-state index contributed by atoms with van der Waals surface area (Å²) in [5.74, 6) is 1.01. The Morgan fingerprint density at radius 2 is 1.82 bits per heavy atom. The van der Waals surface area contributed by atoms with Crippen LogP contribution < -0.4 is 15.8 Å². The highest BCUT2D eigenvalue weighted by Crippen LogP contribution is 2.31. The van der Waals surface area contributed by atoms with E-state index in [9.17, 15) is 14.4 Å². The minimum absolute atomic E-state index is 0.0512. The summed E-state index contributed by atoms with van der Waals surface area (Å²) in [7, 11) is 0. The maximum absolute atomic E-state index is 12.7. The van der Waals surface area contributed by atoms with Crippen LogP contribution in [0.1, 0.15) is 13.3 Å². The maximum atomic E-state index is 12.7. The van der Waals surface area contributed by atoms with E-state index in [-0.39, 0.29) is 17.4 Å². The molecule has 0 spiro atoms. The van der Waals surface area contributed by atoms with Crippen LogP contribution in [0.5, 0.6) is 0 Å². The van der Waals surface area contributed by atoms with Crippen LogP contribution in [0.3, 0.4) is 0 Å². The normalized spacial score (nSPS) is 15.9. The number of anilines is 3. The Morgan fingerprint density at radius 1 is 1.08 bits per heavy atom. The molecule has 2 saturated heterocycles. The first-order valence-corrected chi connectivity index (χ1v) is 13.2. The Bertz CT molecular complexity index is 1440. The van der Waals surface area contributed by atoms with Crippen molar-refractivity contribution in [2.75, 3.05) is 49.5 Å². The lowest BCUT2D eigenvalue weighted by Crippen LogP contribution is -2.49. The minimum Gasteiger partial charge on any atom is -0.367 e. The molecule has 2 aliphatic rings. The third-order valence-corrected chi connectivity index (χ3v) is 7.63. The SMILES string of the molecule is C=CC(=O)N1CC(CCn2c(=O)ccc3ccc(Nc4ccc(N5CCN(C(C)=O)CC5)c(Cl)c4)nc32)C1. The predicted octanol–water partition coefficient (Wildman–Crippen LogP) is 3.50. The number of nitrogens with one attached hydrogen (secondary N) is 1. The number of rotatable bonds is 7. The molecule has 3 aromatic rings. The van der Waals surface area contributed by atoms with Gasteiger partial charge in [0.1, 0.15) is 11.5 Å². The van der Waals surface area contributed by atoms with Crippen molar-refractivity contribution in [2.45, 2.75) is 19.9 Å². The van der Waals surface area contributed by atoms with Crippen LogP contribution in [-0.2, 0) is 16.1 Å². The second-order valence-electron chi connectivity index (χ2n) is 9.82. The molecule has 0 atom stereocenters. The summed E-state index contributed by atoms with van der Waals surface area (Å²) < 4.78 is 1.70. The van der Waals surface area contributed by atoms with Gasteiger partial charge in [0.25, 0.3) is 5.56 Å². The minimum atomic E-state index is -0.0993. The first-order valence-electron chi connectivity index (χ1n) is 12.8. The molecule has 198 valence electrons. The molecule has 0 bridgehead atoms. The molecule has 0 aliphatic carbocycles. The highest BCUT2D eigenvalue weighted by molar-refractivity contribution is 6.33. The first-order chi connectivity index (χ1) is 18.3. The molecule has 1 N–H and O–H groups in total. The lowest BCUT2D eigenvalue weighted by molar-refractivity contribution is -0.132. The molecular weight excluding hydrogens is 504 g/mol. The summed E-state index contributed by atoms with van der Waals surface area (Å²) in [6.45, 7) is 9.87. The molecule has 0 unspecified atom stereocenters. The number of aryl methyl sites for hydroxylation is 1. The maximum Gasteiger partial charge on any atom is 0.252 e. The number of fused-ring (bicyclic) bond motifs is 1. The number of nitrogens with zero attached hydrogens (tertiary/aromatic N) is 5. The number of piperazine rings is 1. The molecule has 10 heteroatoms. The second kappa shape index (κ2) is 10.9. The van der Waals surface area contributed by atoms with Gasteiger partial charge in [0.05, 0.1) is 10.7 Å². The summed E-state index contributed by atoms with van der Waals surface area (Å²) in [4.78, 5) is 46.6. The Kier molecular flexibility index (Phi) is 7.37. The van der Waals surface area contributed by atoms with Crippen molar-refractivity contribution in [3.63, 3.8) is 0 Å². The van der Waals surface area contributed by atoms with Crippen molar-refractivity contribution < 1.29 is 9.59 Å². The Balaban J connectivity index is 1.28. The molecule has 2 aromatic heterocycles. The number of aromatic nitrogens is 2. The van der Waals surface area contributed by atoms with E-state index >= 15 is 0 Å². The molecule has 4 heterocycles. The summed E-state index contributed by atoms with van der Waals surface area (Å²) >= 11 is 6.64. The van der Waals surface area contributed by atoms with Gasteiger partial charge in [0, 0.05) is 69.9 Å². The molecule has 1 aromatic carbocycles. The van der Waals surface area contributed by atoms with Gasteiger partial charge < -0.3 is 20.0 Å². The van der Waals surface area contributed by atoms with Gasteiger partial charge in [0.2, 0.25) is 11.8 Å². The van der Waals surface area contributed by atoms with Crippen molar-refractivity contribution in [1.82, 2.24) is 19.4 Å². The smallest absolute Gasteiger partial charge is 0.252 e. The topological polar surface area (TPSA) is 90.8 Å². The van der Waals surface area contributed by atoms with E-state index in [4.69, 9.17) is 16.6 Å². The van der Waals surface area contributed by atoms with Crippen molar-refractivity contribution in [1.29, 1.82) is 0 Å². The summed E-state index contributed by atoms with van der Waals surface area (Å²) in [5, 5.41) is 4.81. The van der Waals surface area contributed by atoms with Gasteiger partial charge >= 0.3 is 0 Å². The number of pyridine rings is 2. The van der Waals surface area contributed by atoms with Crippen LogP contribution in [0.15, 0.2) is 59.9 Å². The average Bonchev–Trinajstić information content (AvgIpc) is 2.88. The lowest BCUT2D eigenvalue weighted by Gasteiger charge is -2.38. The number of carbonyl (C=O) groups is 2. The van der Waals surface area contributed by atoms with Gasteiger partial charge in [0.15, 0.2) is 0 Å². The van der Waals surface area contributed by atoms with Gasteiger partial charge in [-0.05, 0) is 54.8 Å². The lowest BCUT2D eigenvalue weighted by atomic mass is 9.96. The van der Waals surface area contributed by atoms with Crippen LogP contribution in [0.25, 0.3) is 11.0 Å². The molecule has 0 saturated carbocycles. The van der Waals surface area contributed by atoms with Crippen LogP contribution in [-0.4, -0.2) is 70.4 Å². The fraction of sp³-hybridized carbons (Fsp3) is 0.357. The molecule has 2 aliphatic heterocycles. The van der Waals surface area contributed by atoms with E-state index in [0.29, 0.717) is 55.1 Å². The van der Waals surface area contributed by atoms with Crippen LogP contribution in [0, 0.1) is 5.92 Å². The fourth-order valence-electron chi connectivity index (χ4n) is 5.07. The highest BCUT2D eigenvalue weighted by Gasteiger charge is 2.29. The molecular formula is C28H31ClN6O3. The zero-order valence-corrected chi connectivity index (χ0v) is 22.2. The first kappa shape index (κ1) is 25.8. The zero-order valence-electron chi connectivity index (χ0n) is 21.4. The zero-order chi connectivity index (χ0) is 26.8. The predicted molar refractivity (Wildman–Crippen MR) is 150 cm³/mol. The standard InChI is InChI=1S/C28H31ClN6O3/c1-3-26(37)34-17-20(18-34)10-11-35-27(38)9-5-21-4-8-25(31-28(21)35)30-22-6-7-24(23(29)16-22)33-14-12-32(13-15-33)19(2)36/h3-9,16,20H,1,10-15,17-18H2,2H3,(H,30,31). The quantitative estimate of drug-likeness (QED) is 0.467. The van der Waals surface area contributed by atoms with Crippen molar-refractivity contribution in [2.24, 2.45) is 5.92 Å². The monoisotopic (exact) mass is 534 g/mol. The second-order valence-corrected chi connectivity index (χ2v) is 10.2. The molecule has 0 radical (unpaired) electrons. The van der Waals surface area contributed by atoms with E-state index < -0.39 is 0 Å². The largest absolute Gasteiger partial charge is 0.367 e. The number of hydrogen-bond donors (Lipinski definition) is 1. The number of halogens is 1. The van der Waals surface area contributed by atoms with Gasteiger partial charge in [-0.2, -0.15) is 0 Å². The van der Waals surface area contributed by atoms with E-state index in [1.165, 1.54) is 6.08 Å². The molecule has 5 rings (SSSR count). The van der Waals surface area contributed by atoms with E-state index in [0.717, 1.165) is 36.3 Å². The fourth-order valence-corrected chi connectivity index (χ4v) is 5.37. The van der Waals surface area contributed by atoms with E-state index in [1.54, 1.807) is 28.5 Å². The number of likely N-dealkylation sites (tertiary alicyclic amines) is 1. The van der Waals surface area contributed by atoms with Gasteiger partial charge in [-0.15, -0.1) is 0 Å². The average molecular weight is 535 g/mol. The Labute approximate surface area is 226 Å². The summed E-state index contributed by atoms with van der Waals surface area (Å²) in [6.07, 6.45) is 2.12. The highest BCUT2D eigenvalue weighted by atomic mass is 35.5. The van der Waals surface area contributed by atoms with E-state index in [1.807, 2.05) is 35.2 Å². The number of carbonyl (C=O) groups excluding carboxylic acids is 2. The van der Waals surface area contributed by atoms with Crippen LogP contribution in [0.2, 0.25) is 5.02 Å². The third-order valence-electron chi connectivity index (χ3n) is 7.32. The summed E-state index contributed by atoms with van der Waals surface area (Å²) in [6, 6.07) is 13.0. The van der Waals surface area contributed by atoms with Crippen molar-refractivity contribution in [3.8, 4) is 0 Å². The summed E-state index contributed by atoms with van der Waals surface area (Å²) in [5.41, 5.74) is 2.24. The Morgan fingerprint density at radius 3 is 2.50 bits per heavy atom. The van der Waals surface area contributed by atoms with Gasteiger partial charge in [-0.25, -0.2) is 4.98 Å². The number of hydrogen-bond acceptors (Lipinski definition) is 6.